The van der Waals surface area contributed by atoms with Crippen molar-refractivity contribution < 1.29 is 47.8 Å². The van der Waals surface area contributed by atoms with Gasteiger partial charge in [0.05, 0.1) is 7.11 Å². The molecule has 2 atom stereocenters. The molecule has 6 amide bonds. The maximum absolute atomic E-state index is 13.3. The molecule has 0 aromatic rings. The number of ether oxygens (including phenoxy) is 2. The van der Waals surface area contributed by atoms with Crippen LogP contribution in [0.5, 0.6) is 0 Å². The summed E-state index contributed by atoms with van der Waals surface area (Å²) >= 11 is 0. The van der Waals surface area contributed by atoms with Crippen LogP contribution in [0.2, 0.25) is 0 Å². The molecule has 0 fully saturated rings. The molecule has 16 nitrogen and oxygen atoms in total. The second kappa shape index (κ2) is 17.3. The third-order valence-electron chi connectivity index (χ3n) is 8.14. The Morgan fingerprint density at radius 3 is 1.19 bits per heavy atom. The molecule has 16 heteroatoms. The van der Waals surface area contributed by atoms with Crippen molar-refractivity contribution >= 4 is 47.4 Å². The molecule has 0 aliphatic carbocycles. The fourth-order valence-corrected chi connectivity index (χ4v) is 4.11. The van der Waals surface area contributed by atoms with Crippen LogP contribution in [0.15, 0.2) is 12.2 Å². The number of amides is 6. The number of hydrogen-bond acceptors (Lipinski definition) is 10. The highest BCUT2D eigenvalue weighted by Gasteiger charge is 2.43. The molecular weight excluding hydrogens is 676 g/mol. The first-order valence-electron chi connectivity index (χ1n) is 17.1. The van der Waals surface area contributed by atoms with Crippen molar-refractivity contribution in [2.45, 2.75) is 150 Å². The van der Waals surface area contributed by atoms with E-state index in [1.807, 2.05) is 0 Å². The average molecular weight is 739 g/mol. The van der Waals surface area contributed by atoms with Gasteiger partial charge in [0.25, 0.3) is 0 Å². The Morgan fingerprint density at radius 2 is 0.865 bits per heavy atom. The highest BCUT2D eigenvalue weighted by atomic mass is 16.6. The Balaban J connectivity index is 5.58. The Bertz CT molecular complexity index is 1420. The molecule has 0 aliphatic rings. The Morgan fingerprint density at radius 1 is 0.519 bits per heavy atom. The van der Waals surface area contributed by atoms with Crippen LogP contribution in [0.3, 0.4) is 0 Å². The second-order valence-corrected chi connectivity index (χ2v) is 16.8. The zero-order valence-electron chi connectivity index (χ0n) is 34.0. The Hall–Kier alpha value is -4.50. The third-order valence-corrected chi connectivity index (χ3v) is 8.14. The molecule has 0 unspecified atom stereocenters. The molecule has 0 radical (unpaired) electrons. The predicted octanol–water partition coefficient (Wildman–Crippen LogP) is 1.31. The largest absolute Gasteiger partial charge is 0.467 e. The van der Waals surface area contributed by atoms with Crippen molar-refractivity contribution in [1.29, 1.82) is 0 Å². The van der Waals surface area contributed by atoms with Gasteiger partial charge in [0.15, 0.2) is 0 Å². The minimum atomic E-state index is -1.60. The van der Waals surface area contributed by atoms with Gasteiger partial charge in [0.2, 0.25) is 35.4 Å². The summed E-state index contributed by atoms with van der Waals surface area (Å²) < 4.78 is 10.2. The van der Waals surface area contributed by atoms with Gasteiger partial charge in [-0.05, 0) is 94.9 Å². The van der Waals surface area contributed by atoms with Crippen LogP contribution >= 0.6 is 0 Å². The van der Waals surface area contributed by atoms with E-state index in [1.165, 1.54) is 69.4 Å². The normalized spacial score (nSPS) is 14.4. The lowest BCUT2D eigenvalue weighted by atomic mass is 9.88. The molecule has 52 heavy (non-hydrogen) atoms. The van der Waals surface area contributed by atoms with Crippen molar-refractivity contribution in [3.05, 3.63) is 12.2 Å². The van der Waals surface area contributed by atoms with Gasteiger partial charge in [-0.15, -0.1) is 0 Å². The van der Waals surface area contributed by atoms with E-state index in [4.69, 9.17) is 9.47 Å². The van der Waals surface area contributed by atoms with Gasteiger partial charge >= 0.3 is 11.9 Å². The fraction of sp³-hybridized carbons (Fsp3) is 0.722. The molecule has 0 rings (SSSR count). The molecule has 0 aromatic heterocycles. The summed E-state index contributed by atoms with van der Waals surface area (Å²) in [5.74, 6) is -6.39. The summed E-state index contributed by atoms with van der Waals surface area (Å²) in [7, 11) is 1.20. The molecule has 6 N–H and O–H groups in total. The fourth-order valence-electron chi connectivity index (χ4n) is 4.11. The van der Waals surface area contributed by atoms with Crippen LogP contribution < -0.4 is 31.9 Å². The first-order chi connectivity index (χ1) is 23.1. The van der Waals surface area contributed by atoms with E-state index in [9.17, 15) is 38.4 Å². The van der Waals surface area contributed by atoms with E-state index in [0.717, 1.165) is 12.2 Å². The number of esters is 2. The van der Waals surface area contributed by atoms with Gasteiger partial charge in [-0.25, -0.2) is 9.59 Å². The van der Waals surface area contributed by atoms with Crippen LogP contribution in [-0.2, 0) is 47.8 Å². The molecule has 0 saturated heterocycles. The third kappa shape index (κ3) is 13.9. The van der Waals surface area contributed by atoms with E-state index < -0.39 is 86.7 Å². The number of nitrogens with one attached hydrogen (secondary N) is 6. The molecule has 0 aromatic carbocycles. The van der Waals surface area contributed by atoms with Gasteiger partial charge in [-0.3, -0.25) is 28.8 Å². The van der Waals surface area contributed by atoms with Crippen LogP contribution in [-0.4, -0.2) is 93.8 Å². The summed E-state index contributed by atoms with van der Waals surface area (Å²) in [6.07, 6.45) is 1.82. The maximum atomic E-state index is 13.3. The summed E-state index contributed by atoms with van der Waals surface area (Å²) in [5, 5.41) is 15.4. The van der Waals surface area contributed by atoms with E-state index in [0.29, 0.717) is 0 Å². The predicted molar refractivity (Wildman–Crippen MR) is 194 cm³/mol. The lowest BCUT2D eigenvalue weighted by Gasteiger charge is -2.36. The van der Waals surface area contributed by atoms with Crippen LogP contribution in [0.4, 0.5) is 0 Å². The summed E-state index contributed by atoms with van der Waals surface area (Å²) in [5.41, 5.74) is -8.45. The van der Waals surface area contributed by atoms with Crippen molar-refractivity contribution in [2.75, 3.05) is 7.11 Å². The number of methoxy groups -OCH3 is 1. The van der Waals surface area contributed by atoms with Gasteiger partial charge in [-0.1, -0.05) is 27.7 Å². The molecule has 0 bridgehead atoms. The second-order valence-electron chi connectivity index (χ2n) is 16.8. The number of carbonyl (C=O) groups is 8. The van der Waals surface area contributed by atoms with Crippen molar-refractivity contribution in [2.24, 2.45) is 11.8 Å². The van der Waals surface area contributed by atoms with Crippen LogP contribution in [0.1, 0.15) is 111 Å². The first kappa shape index (κ1) is 47.5. The van der Waals surface area contributed by atoms with Crippen molar-refractivity contribution in [3.8, 4) is 0 Å². The van der Waals surface area contributed by atoms with Gasteiger partial charge in [0, 0.05) is 12.2 Å². The van der Waals surface area contributed by atoms with Crippen LogP contribution in [0, 0.1) is 11.8 Å². The number of rotatable bonds is 16. The van der Waals surface area contributed by atoms with E-state index in [-0.39, 0.29) is 11.8 Å². The minimum Gasteiger partial charge on any atom is -0.467 e. The average Bonchev–Trinajstić information content (AvgIpc) is 2.95. The lowest BCUT2D eigenvalue weighted by molar-refractivity contribution is -0.165. The van der Waals surface area contributed by atoms with E-state index in [1.54, 1.807) is 48.5 Å². The molecule has 296 valence electrons. The highest BCUT2D eigenvalue weighted by Crippen LogP contribution is 2.22. The zero-order valence-corrected chi connectivity index (χ0v) is 34.0. The summed E-state index contributed by atoms with van der Waals surface area (Å²) in [6, 6.07) is -0.952. The molecular formula is C36H62N6O10. The molecule has 0 saturated carbocycles. The Kier molecular flexibility index (Phi) is 15.8. The molecule has 0 aliphatic heterocycles. The van der Waals surface area contributed by atoms with E-state index >= 15 is 0 Å². The van der Waals surface area contributed by atoms with Gasteiger partial charge in [0.1, 0.15) is 39.3 Å². The lowest BCUT2D eigenvalue weighted by Crippen LogP contribution is -2.68. The standard InChI is InChI=1S/C36H62N6O10/c1-20(2)24(25(45)51-17)37-26(46)32(8,9)40-28(48)34(12,13)42-29(49)35(14,15)41-27(47)33(10,11)38-22(43)18-19-23(44)39-36(16,21(3)4)30(50)52-31(5,6)7/h18-21,24H,1-17H3,(H,37,46)(H,38,43)(H,39,44)(H,40,48)(H,41,47)(H,42,49)/b19-18+/t24-,36+/m1/s1. The monoisotopic (exact) mass is 738 g/mol. The SMILES string of the molecule is COC(=O)[C@H](NC(=O)C(C)(C)NC(=O)C(C)(C)NC(=O)C(C)(C)NC(=O)C(C)(C)NC(=O)/C=C/C(=O)N[C@](C)(C(=O)OC(C)(C)C)C(C)C)C(C)C. The number of hydrogen-bond donors (Lipinski definition) is 6. The quantitative estimate of drug-likeness (QED) is 0.0983. The zero-order chi connectivity index (χ0) is 41.4. The van der Waals surface area contributed by atoms with E-state index in [2.05, 4.69) is 31.9 Å². The summed E-state index contributed by atoms with van der Waals surface area (Å²) in [6.45, 7) is 24.8. The highest BCUT2D eigenvalue weighted by molar-refractivity contribution is 6.02. The topological polar surface area (TPSA) is 227 Å². The maximum Gasteiger partial charge on any atom is 0.332 e. The first-order valence-corrected chi connectivity index (χ1v) is 17.1. The van der Waals surface area contributed by atoms with Gasteiger partial charge in [-0.2, -0.15) is 0 Å². The van der Waals surface area contributed by atoms with Gasteiger partial charge < -0.3 is 41.4 Å². The number of carbonyl (C=O) groups excluding carboxylic acids is 8. The molecule has 0 heterocycles. The minimum absolute atomic E-state index is 0.295. The molecule has 0 spiro atoms. The van der Waals surface area contributed by atoms with Crippen molar-refractivity contribution in [1.82, 2.24) is 31.9 Å². The smallest absolute Gasteiger partial charge is 0.332 e. The summed E-state index contributed by atoms with van der Waals surface area (Å²) in [4.78, 5) is 103. The van der Waals surface area contributed by atoms with Crippen molar-refractivity contribution in [3.63, 3.8) is 0 Å². The van der Waals surface area contributed by atoms with Crippen LogP contribution in [0.25, 0.3) is 0 Å². The Labute approximate surface area is 308 Å².